The monoisotopic (exact) mass is 314 g/mol. The van der Waals surface area contributed by atoms with Crippen molar-refractivity contribution in [2.75, 3.05) is 6.61 Å². The molecule has 0 fully saturated rings. The van der Waals surface area contributed by atoms with Crippen molar-refractivity contribution < 1.29 is 23.9 Å². The number of unbranched alkanes of at least 4 members (excludes halogenated alkanes) is 8. The molecule has 0 aliphatic rings. The average molecular weight is 314 g/mol. The Bertz CT molecular complexity index is 314. The number of esters is 2. The van der Waals surface area contributed by atoms with E-state index in [9.17, 15) is 14.4 Å². The third-order valence-corrected chi connectivity index (χ3v) is 3.34. The van der Waals surface area contributed by atoms with Crippen LogP contribution in [-0.2, 0) is 23.9 Å². The van der Waals surface area contributed by atoms with Gasteiger partial charge in [-0.05, 0) is 13.3 Å². The van der Waals surface area contributed by atoms with Crippen LogP contribution in [0.15, 0.2) is 0 Å². The average Bonchev–Trinajstić information content (AvgIpc) is 2.51. The molecule has 22 heavy (non-hydrogen) atoms. The molecule has 0 saturated heterocycles. The van der Waals surface area contributed by atoms with E-state index in [2.05, 4.69) is 11.7 Å². The second-order valence-electron chi connectivity index (χ2n) is 5.57. The van der Waals surface area contributed by atoms with Crippen LogP contribution < -0.4 is 0 Å². The van der Waals surface area contributed by atoms with Crippen molar-refractivity contribution in [3.63, 3.8) is 0 Å². The Hall–Kier alpha value is -1.39. The summed E-state index contributed by atoms with van der Waals surface area (Å²) in [5.41, 5.74) is 0. The molecule has 1 unspecified atom stereocenters. The van der Waals surface area contributed by atoms with Gasteiger partial charge in [-0.25, -0.2) is 4.79 Å². The lowest BCUT2D eigenvalue weighted by Crippen LogP contribution is -2.21. The van der Waals surface area contributed by atoms with Gasteiger partial charge >= 0.3 is 11.9 Å². The molecule has 0 heterocycles. The van der Waals surface area contributed by atoms with Crippen LogP contribution in [-0.4, -0.2) is 30.9 Å². The highest BCUT2D eigenvalue weighted by Crippen LogP contribution is 2.10. The summed E-state index contributed by atoms with van der Waals surface area (Å²) in [6.45, 7) is 3.24. The Morgan fingerprint density at radius 1 is 0.909 bits per heavy atom. The predicted octanol–water partition coefficient (Wildman–Crippen LogP) is 3.58. The maximum Gasteiger partial charge on any atom is 0.344 e. The molecule has 0 aliphatic carbocycles. The molecule has 0 saturated carbocycles. The van der Waals surface area contributed by atoms with E-state index >= 15 is 0 Å². The second kappa shape index (κ2) is 14.5. The summed E-state index contributed by atoms with van der Waals surface area (Å²) < 4.78 is 9.46. The molecule has 0 spiro atoms. The Morgan fingerprint density at radius 3 is 2.00 bits per heavy atom. The van der Waals surface area contributed by atoms with Gasteiger partial charge in [-0.2, -0.15) is 0 Å². The molecule has 0 N–H and O–H groups in total. The van der Waals surface area contributed by atoms with Gasteiger partial charge in [0.05, 0.1) is 0 Å². The van der Waals surface area contributed by atoms with E-state index in [1.54, 1.807) is 0 Å². The molecule has 5 heteroatoms. The third kappa shape index (κ3) is 13.6. The molecule has 0 radical (unpaired) electrons. The van der Waals surface area contributed by atoms with Gasteiger partial charge in [0.25, 0.3) is 0 Å². The zero-order valence-corrected chi connectivity index (χ0v) is 14.0. The number of aldehydes is 1. The first-order valence-corrected chi connectivity index (χ1v) is 8.40. The smallest absolute Gasteiger partial charge is 0.344 e. The van der Waals surface area contributed by atoms with Crippen molar-refractivity contribution in [3.8, 4) is 0 Å². The van der Waals surface area contributed by atoms with Crippen LogP contribution in [0.25, 0.3) is 0 Å². The largest absolute Gasteiger partial charge is 0.454 e. The maximum atomic E-state index is 11.4. The van der Waals surface area contributed by atoms with Crippen molar-refractivity contribution in [3.05, 3.63) is 0 Å². The topological polar surface area (TPSA) is 69.7 Å². The molecule has 0 bridgehead atoms. The van der Waals surface area contributed by atoms with Crippen molar-refractivity contribution in [1.29, 1.82) is 0 Å². The number of carbonyl (C=O) groups is 3. The molecule has 0 rings (SSSR count). The summed E-state index contributed by atoms with van der Waals surface area (Å²) in [5, 5.41) is 0. The van der Waals surface area contributed by atoms with Crippen LogP contribution in [0.5, 0.6) is 0 Å². The number of hydrogen-bond donors (Lipinski definition) is 0. The third-order valence-electron chi connectivity index (χ3n) is 3.34. The molecule has 0 aromatic rings. The van der Waals surface area contributed by atoms with E-state index in [0.29, 0.717) is 12.7 Å². The first-order chi connectivity index (χ1) is 10.6. The van der Waals surface area contributed by atoms with Crippen molar-refractivity contribution in [2.45, 2.75) is 84.2 Å². The van der Waals surface area contributed by atoms with E-state index in [1.807, 2.05) is 0 Å². The molecule has 0 aromatic heterocycles. The lowest BCUT2D eigenvalue weighted by Gasteiger charge is -2.07. The molecule has 5 nitrogen and oxygen atoms in total. The number of hydrogen-bond acceptors (Lipinski definition) is 5. The number of carbonyl (C=O) groups excluding carboxylic acids is 3. The molecule has 0 aliphatic heterocycles. The lowest BCUT2D eigenvalue weighted by atomic mass is 10.1. The lowest BCUT2D eigenvalue weighted by molar-refractivity contribution is -0.162. The van der Waals surface area contributed by atoms with E-state index < -0.39 is 24.6 Å². The highest BCUT2D eigenvalue weighted by Gasteiger charge is 2.11. The molecule has 0 amide bonds. The minimum absolute atomic E-state index is 0.326. The first kappa shape index (κ1) is 20.6. The molecular formula is C17H30O5. The standard InChI is InChI=1S/C17H30O5/c1-3-4-5-6-7-8-9-10-11-12-16(19)21-14-17(20)22-15(2)13-18/h13,15H,3-12,14H2,1-2H3. The Balaban J connectivity index is 3.39. The van der Waals surface area contributed by atoms with Crippen LogP contribution in [0.4, 0.5) is 0 Å². The first-order valence-electron chi connectivity index (χ1n) is 8.40. The van der Waals surface area contributed by atoms with Gasteiger partial charge in [0, 0.05) is 6.42 Å². The Morgan fingerprint density at radius 2 is 1.45 bits per heavy atom. The summed E-state index contributed by atoms with van der Waals surface area (Å²) in [6, 6.07) is 0. The normalized spacial score (nSPS) is 11.7. The Kier molecular flexibility index (Phi) is 13.6. The maximum absolute atomic E-state index is 11.4. The van der Waals surface area contributed by atoms with Crippen molar-refractivity contribution in [2.24, 2.45) is 0 Å². The fourth-order valence-electron chi connectivity index (χ4n) is 2.06. The highest BCUT2D eigenvalue weighted by molar-refractivity contribution is 5.77. The van der Waals surface area contributed by atoms with Gasteiger partial charge in [-0.3, -0.25) is 9.59 Å². The zero-order chi connectivity index (χ0) is 16.6. The van der Waals surface area contributed by atoms with Crippen LogP contribution in [0, 0.1) is 0 Å². The fraction of sp³-hybridized carbons (Fsp3) is 0.824. The fourth-order valence-corrected chi connectivity index (χ4v) is 2.06. The summed E-state index contributed by atoms with van der Waals surface area (Å²) in [6.07, 6.45) is 10.7. The van der Waals surface area contributed by atoms with Gasteiger partial charge in [-0.1, -0.05) is 58.3 Å². The number of ether oxygens (including phenoxy) is 2. The minimum atomic E-state index is -0.802. The second-order valence-corrected chi connectivity index (χ2v) is 5.57. The summed E-state index contributed by atoms with van der Waals surface area (Å²) in [5.74, 6) is -1.08. The van der Waals surface area contributed by atoms with Gasteiger partial charge in [0.2, 0.25) is 0 Å². The minimum Gasteiger partial charge on any atom is -0.454 e. The highest BCUT2D eigenvalue weighted by atomic mass is 16.6. The van der Waals surface area contributed by atoms with E-state index in [-0.39, 0.29) is 0 Å². The molecule has 128 valence electrons. The Labute approximate surface area is 133 Å². The molecule has 0 aromatic carbocycles. The van der Waals surface area contributed by atoms with Crippen LogP contribution in [0.2, 0.25) is 0 Å². The van der Waals surface area contributed by atoms with Crippen LogP contribution in [0.1, 0.15) is 78.1 Å². The van der Waals surface area contributed by atoms with Gasteiger partial charge in [0.15, 0.2) is 19.0 Å². The molecule has 1 atom stereocenters. The van der Waals surface area contributed by atoms with E-state index in [0.717, 1.165) is 19.3 Å². The zero-order valence-electron chi connectivity index (χ0n) is 14.0. The summed E-state index contributed by atoms with van der Waals surface area (Å²) in [7, 11) is 0. The SMILES string of the molecule is CCCCCCCCCCCC(=O)OCC(=O)OC(C)C=O. The van der Waals surface area contributed by atoms with Gasteiger partial charge in [-0.15, -0.1) is 0 Å². The van der Waals surface area contributed by atoms with Crippen molar-refractivity contribution in [1.82, 2.24) is 0 Å². The van der Waals surface area contributed by atoms with E-state index in [4.69, 9.17) is 4.74 Å². The quantitative estimate of drug-likeness (QED) is 0.278. The van der Waals surface area contributed by atoms with Crippen LogP contribution >= 0.6 is 0 Å². The van der Waals surface area contributed by atoms with Gasteiger partial charge < -0.3 is 9.47 Å². The predicted molar refractivity (Wildman–Crippen MR) is 84.4 cm³/mol. The summed E-state index contributed by atoms with van der Waals surface area (Å²) >= 11 is 0. The summed E-state index contributed by atoms with van der Waals surface area (Å²) in [4.78, 5) is 32.9. The van der Waals surface area contributed by atoms with Gasteiger partial charge in [0.1, 0.15) is 0 Å². The molecular weight excluding hydrogens is 284 g/mol. The van der Waals surface area contributed by atoms with Crippen molar-refractivity contribution >= 4 is 18.2 Å². The van der Waals surface area contributed by atoms with Crippen LogP contribution in [0.3, 0.4) is 0 Å². The van der Waals surface area contributed by atoms with E-state index in [1.165, 1.54) is 45.4 Å². The number of rotatable bonds is 14.